The highest BCUT2D eigenvalue weighted by Gasteiger charge is 2.23. The number of benzene rings is 1. The van der Waals surface area contributed by atoms with Crippen LogP contribution >= 0.6 is 35.3 Å². The molecule has 1 N–H and O–H groups in total. The van der Waals surface area contributed by atoms with Crippen molar-refractivity contribution < 1.29 is 4.79 Å². The first kappa shape index (κ1) is 24.0. The number of rotatable bonds is 6. The van der Waals surface area contributed by atoms with E-state index < -0.39 is 0 Å². The number of halogens is 1. The predicted octanol–water partition coefficient (Wildman–Crippen LogP) is 3.38. The number of fused-ring (bicyclic) bond motifs is 1. The molecule has 1 aromatic carbocycles. The topological polar surface area (TPSA) is 51.2 Å². The Morgan fingerprint density at radius 3 is 2.35 bits per heavy atom. The van der Waals surface area contributed by atoms with Crippen molar-refractivity contribution in [1.29, 1.82) is 0 Å². The van der Waals surface area contributed by atoms with Crippen LogP contribution in [-0.4, -0.2) is 66.3 Å². The minimum absolute atomic E-state index is 0. The molecule has 3 heterocycles. The molecule has 0 atom stereocenters. The van der Waals surface area contributed by atoms with Gasteiger partial charge in [-0.25, -0.2) is 0 Å². The number of carbonyl (C=O) groups is 1. The number of carbonyl (C=O) groups excluding carboxylic acids is 1. The molecule has 1 amide bonds. The number of hydrogen-bond donors (Lipinski definition) is 1. The van der Waals surface area contributed by atoms with E-state index in [1.165, 1.54) is 16.0 Å². The lowest BCUT2D eigenvalue weighted by atomic mass is 10.1. The number of nitrogens with one attached hydrogen (secondary N) is 1. The molecule has 0 radical (unpaired) electrons. The summed E-state index contributed by atoms with van der Waals surface area (Å²) < 4.78 is 0. The zero-order valence-electron chi connectivity index (χ0n) is 18.1. The standard InChI is InChI=1S/C23H31N5OS.HI/c1-24-23(27-13-11-26(12-14-27)18-21-8-5-15-30-21)25-10-4-9-22(29)28-16-19-6-2-3-7-20(19)17-28;/h2-3,5-8,15H,4,9-14,16-18H2,1H3,(H,24,25);1H. The van der Waals surface area contributed by atoms with Gasteiger partial charge in [0.25, 0.3) is 0 Å². The van der Waals surface area contributed by atoms with Crippen molar-refractivity contribution in [3.8, 4) is 0 Å². The third-order valence-electron chi connectivity index (χ3n) is 5.89. The fourth-order valence-electron chi connectivity index (χ4n) is 4.18. The Labute approximate surface area is 206 Å². The van der Waals surface area contributed by atoms with Crippen LogP contribution in [0.2, 0.25) is 0 Å². The summed E-state index contributed by atoms with van der Waals surface area (Å²) in [5.74, 6) is 1.19. The van der Waals surface area contributed by atoms with Crippen LogP contribution in [0, 0.1) is 0 Å². The SMILES string of the molecule is CN=C(NCCCC(=O)N1Cc2ccccc2C1)N1CCN(Cc2cccs2)CC1.I. The van der Waals surface area contributed by atoms with E-state index in [1.54, 1.807) is 0 Å². The van der Waals surface area contributed by atoms with E-state index in [0.29, 0.717) is 6.42 Å². The Kier molecular flexibility index (Phi) is 9.15. The number of guanidine groups is 1. The van der Waals surface area contributed by atoms with Crippen molar-refractivity contribution in [2.45, 2.75) is 32.5 Å². The first-order valence-electron chi connectivity index (χ1n) is 10.8. The van der Waals surface area contributed by atoms with Gasteiger partial charge in [-0.1, -0.05) is 30.3 Å². The van der Waals surface area contributed by atoms with Gasteiger partial charge in [-0.15, -0.1) is 35.3 Å². The van der Waals surface area contributed by atoms with E-state index in [-0.39, 0.29) is 29.9 Å². The lowest BCUT2D eigenvalue weighted by Crippen LogP contribution is -2.52. The van der Waals surface area contributed by atoms with Crippen LogP contribution in [-0.2, 0) is 24.4 Å². The summed E-state index contributed by atoms with van der Waals surface area (Å²) in [6.07, 6.45) is 1.40. The van der Waals surface area contributed by atoms with E-state index in [4.69, 9.17) is 0 Å². The fourth-order valence-corrected chi connectivity index (χ4v) is 4.93. The van der Waals surface area contributed by atoms with Crippen molar-refractivity contribution in [1.82, 2.24) is 20.0 Å². The van der Waals surface area contributed by atoms with Crippen molar-refractivity contribution in [2.24, 2.45) is 4.99 Å². The average Bonchev–Trinajstić information content (AvgIpc) is 3.44. The van der Waals surface area contributed by atoms with Crippen LogP contribution in [0.15, 0.2) is 46.8 Å². The average molecular weight is 554 g/mol. The molecule has 0 aliphatic carbocycles. The first-order valence-corrected chi connectivity index (χ1v) is 11.7. The number of amides is 1. The summed E-state index contributed by atoms with van der Waals surface area (Å²) in [5.41, 5.74) is 2.56. The monoisotopic (exact) mass is 553 g/mol. The lowest BCUT2D eigenvalue weighted by Gasteiger charge is -2.36. The summed E-state index contributed by atoms with van der Waals surface area (Å²) in [6, 6.07) is 12.7. The summed E-state index contributed by atoms with van der Waals surface area (Å²) in [6.45, 7) is 7.37. The van der Waals surface area contributed by atoms with E-state index in [1.807, 2.05) is 35.4 Å². The normalized spacial score (nSPS) is 16.7. The van der Waals surface area contributed by atoms with Gasteiger partial charge in [0.2, 0.25) is 5.91 Å². The molecule has 0 saturated carbocycles. The number of piperazine rings is 1. The molecule has 1 fully saturated rings. The molecule has 2 aliphatic rings. The van der Waals surface area contributed by atoms with E-state index in [2.05, 4.69) is 49.8 Å². The van der Waals surface area contributed by atoms with Gasteiger partial charge in [-0.05, 0) is 29.0 Å². The van der Waals surface area contributed by atoms with Gasteiger partial charge in [0.05, 0.1) is 0 Å². The molecular formula is C23H32IN5OS. The summed E-state index contributed by atoms with van der Waals surface area (Å²) >= 11 is 1.83. The van der Waals surface area contributed by atoms with Crippen molar-refractivity contribution in [2.75, 3.05) is 39.8 Å². The Hall–Kier alpha value is -1.65. The minimum atomic E-state index is 0. The molecule has 1 saturated heterocycles. The molecule has 31 heavy (non-hydrogen) atoms. The molecule has 1 aromatic heterocycles. The number of aliphatic imine (C=N–C) groups is 1. The summed E-state index contributed by atoms with van der Waals surface area (Å²) in [4.78, 5) is 25.2. The molecular weight excluding hydrogens is 521 g/mol. The molecule has 6 nitrogen and oxygen atoms in total. The summed E-state index contributed by atoms with van der Waals surface area (Å²) in [5, 5.41) is 5.59. The van der Waals surface area contributed by atoms with Crippen LogP contribution in [0.1, 0.15) is 28.8 Å². The third kappa shape index (κ3) is 6.43. The van der Waals surface area contributed by atoms with Crippen molar-refractivity contribution in [3.63, 3.8) is 0 Å². The molecule has 168 valence electrons. The molecule has 2 aliphatic heterocycles. The zero-order valence-corrected chi connectivity index (χ0v) is 21.3. The lowest BCUT2D eigenvalue weighted by molar-refractivity contribution is -0.131. The maximum Gasteiger partial charge on any atom is 0.223 e. The van der Waals surface area contributed by atoms with Crippen molar-refractivity contribution >= 4 is 47.2 Å². The molecule has 4 rings (SSSR count). The number of hydrogen-bond acceptors (Lipinski definition) is 4. The van der Waals surface area contributed by atoms with Gasteiger partial charge in [-0.3, -0.25) is 14.7 Å². The largest absolute Gasteiger partial charge is 0.356 e. The highest BCUT2D eigenvalue weighted by Crippen LogP contribution is 2.22. The Balaban J connectivity index is 0.00000272. The Bertz CT molecular complexity index is 840. The van der Waals surface area contributed by atoms with Gasteiger partial charge in [0, 0.05) is 70.7 Å². The first-order chi connectivity index (χ1) is 14.7. The molecule has 0 bridgehead atoms. The second-order valence-corrected chi connectivity index (χ2v) is 8.97. The molecule has 2 aromatic rings. The maximum absolute atomic E-state index is 12.5. The van der Waals surface area contributed by atoms with E-state index >= 15 is 0 Å². The van der Waals surface area contributed by atoms with Crippen LogP contribution in [0.5, 0.6) is 0 Å². The van der Waals surface area contributed by atoms with Gasteiger partial charge < -0.3 is 15.1 Å². The third-order valence-corrected chi connectivity index (χ3v) is 6.75. The second-order valence-electron chi connectivity index (χ2n) is 7.94. The van der Waals surface area contributed by atoms with E-state index in [0.717, 1.165) is 64.7 Å². The van der Waals surface area contributed by atoms with Crippen molar-refractivity contribution in [3.05, 3.63) is 57.8 Å². The smallest absolute Gasteiger partial charge is 0.223 e. The van der Waals surface area contributed by atoms with Gasteiger partial charge in [-0.2, -0.15) is 0 Å². The molecule has 8 heteroatoms. The van der Waals surface area contributed by atoms with Gasteiger partial charge in [0.1, 0.15) is 0 Å². The highest BCUT2D eigenvalue weighted by atomic mass is 127. The van der Waals surface area contributed by atoms with Crippen LogP contribution in [0.4, 0.5) is 0 Å². The minimum Gasteiger partial charge on any atom is -0.356 e. The summed E-state index contributed by atoms with van der Waals surface area (Å²) in [7, 11) is 1.84. The molecule has 0 unspecified atom stereocenters. The molecule has 0 spiro atoms. The number of nitrogens with zero attached hydrogens (tertiary/aromatic N) is 4. The van der Waals surface area contributed by atoms with Crippen LogP contribution in [0.25, 0.3) is 0 Å². The van der Waals surface area contributed by atoms with Gasteiger partial charge >= 0.3 is 0 Å². The zero-order chi connectivity index (χ0) is 20.8. The fraction of sp³-hybridized carbons (Fsp3) is 0.478. The maximum atomic E-state index is 12.5. The second kappa shape index (κ2) is 11.8. The van der Waals surface area contributed by atoms with E-state index in [9.17, 15) is 4.79 Å². The number of thiophene rings is 1. The van der Waals surface area contributed by atoms with Gasteiger partial charge in [0.15, 0.2) is 5.96 Å². The quantitative estimate of drug-likeness (QED) is 0.258. The Morgan fingerprint density at radius 2 is 1.74 bits per heavy atom. The predicted molar refractivity (Wildman–Crippen MR) is 138 cm³/mol. The highest BCUT2D eigenvalue weighted by molar-refractivity contribution is 14.0. The Morgan fingerprint density at radius 1 is 1.03 bits per heavy atom. The van der Waals surface area contributed by atoms with Crippen LogP contribution in [0.3, 0.4) is 0 Å². The van der Waals surface area contributed by atoms with Crippen LogP contribution < -0.4 is 5.32 Å².